The van der Waals surface area contributed by atoms with Crippen LogP contribution in [0.4, 0.5) is 0 Å². The molecule has 0 aliphatic carbocycles. The van der Waals surface area contributed by atoms with E-state index < -0.39 is 0 Å². The van der Waals surface area contributed by atoms with Gasteiger partial charge in [0.05, 0.1) is 0 Å². The lowest BCUT2D eigenvalue weighted by Crippen LogP contribution is -2.08. The Labute approximate surface area is 65.5 Å². The van der Waals surface area contributed by atoms with Crippen molar-refractivity contribution in [2.24, 2.45) is 12.0 Å². The molecule has 0 aliphatic rings. The van der Waals surface area contributed by atoms with Crippen molar-refractivity contribution in [2.75, 3.05) is 7.05 Å². The monoisotopic (exact) mass is 178 g/mol. The molecule has 0 fully saturated rings. The van der Waals surface area contributed by atoms with Crippen LogP contribution in [0.3, 0.4) is 0 Å². The fraction of sp³-hybridized carbons (Fsp3) is 0.500. The summed E-state index contributed by atoms with van der Waals surface area (Å²) in [6, 6.07) is 0. The van der Waals surface area contributed by atoms with Crippen LogP contribution in [-0.4, -0.2) is 11.6 Å². The zero-order valence-electron chi connectivity index (χ0n) is 5.12. The summed E-state index contributed by atoms with van der Waals surface area (Å²) in [4.78, 5) is 5.01. The van der Waals surface area contributed by atoms with E-state index in [9.17, 15) is 0 Å². The van der Waals surface area contributed by atoms with Gasteiger partial charge < -0.3 is 4.57 Å². The molecule has 1 rings (SSSR count). The third kappa shape index (κ3) is 1.28. The lowest BCUT2D eigenvalue weighted by molar-refractivity contribution is 0.862. The van der Waals surface area contributed by atoms with Crippen molar-refractivity contribution in [3.63, 3.8) is 0 Å². The second-order valence-corrected chi connectivity index (χ2v) is 4.23. The van der Waals surface area contributed by atoms with Gasteiger partial charge in [-0.3, -0.25) is 4.99 Å². The summed E-state index contributed by atoms with van der Waals surface area (Å²) in [6.45, 7) is 0. The van der Waals surface area contributed by atoms with E-state index in [0.717, 1.165) is 8.76 Å². The Morgan fingerprint density at radius 2 is 2.22 bits per heavy atom. The average Bonchev–Trinajstić information content (AvgIpc) is 2.15. The van der Waals surface area contributed by atoms with Crippen LogP contribution in [0, 0.1) is 3.95 Å². The summed E-state index contributed by atoms with van der Waals surface area (Å²) in [5.41, 5.74) is 0. The molecule has 0 bridgehead atoms. The smallest absolute Gasteiger partial charge is 0.195 e. The maximum Gasteiger partial charge on any atom is 0.195 e. The maximum atomic E-state index is 4.97. The molecule has 5 heteroatoms. The predicted molar refractivity (Wildman–Crippen MR) is 43.5 cm³/mol. The van der Waals surface area contributed by atoms with Gasteiger partial charge in [0.25, 0.3) is 0 Å². The third-order valence-corrected chi connectivity index (χ3v) is 4.06. The van der Waals surface area contributed by atoms with E-state index in [1.165, 1.54) is 0 Å². The average molecular weight is 178 g/mol. The second-order valence-electron chi connectivity index (χ2n) is 1.50. The Hall–Kier alpha value is -0.0000000000000000278. The van der Waals surface area contributed by atoms with Gasteiger partial charge in [-0.05, 0) is 32.9 Å². The molecule has 0 saturated carbocycles. The van der Waals surface area contributed by atoms with Gasteiger partial charge in [-0.2, -0.15) is 0 Å². The Balaban J connectivity index is 3.56. The van der Waals surface area contributed by atoms with E-state index in [0.29, 0.717) is 0 Å². The minimum Gasteiger partial charge on any atom is -0.302 e. The van der Waals surface area contributed by atoms with E-state index in [1.54, 1.807) is 27.7 Å². The number of hydrogen-bond donors (Lipinski definition) is 0. The molecular formula is C4H6N2S3. The lowest BCUT2D eigenvalue weighted by Gasteiger charge is -1.82. The molecule has 50 valence electrons. The Kier molecular flexibility index (Phi) is 2.15. The first-order chi connectivity index (χ1) is 4.25. The van der Waals surface area contributed by atoms with Crippen molar-refractivity contribution < 1.29 is 0 Å². The number of rotatable bonds is 0. The summed E-state index contributed by atoms with van der Waals surface area (Å²) in [5.74, 6) is 0. The Morgan fingerprint density at radius 3 is 2.44 bits per heavy atom. The molecule has 9 heavy (non-hydrogen) atoms. The van der Waals surface area contributed by atoms with Crippen molar-refractivity contribution in [2.45, 2.75) is 0 Å². The normalized spacial score (nSPS) is 12.4. The molecule has 0 N–H and O–H groups in total. The van der Waals surface area contributed by atoms with E-state index in [1.807, 2.05) is 11.6 Å². The molecule has 0 saturated heterocycles. The van der Waals surface area contributed by atoms with Crippen LogP contribution in [0.15, 0.2) is 4.99 Å². The maximum absolute atomic E-state index is 4.97. The SMILES string of the molecule is CN=c1ssc(=S)n1C. The first-order valence-electron chi connectivity index (χ1n) is 2.34. The number of nitrogens with zero attached hydrogens (tertiary/aromatic N) is 2. The number of aromatic nitrogens is 1. The molecule has 0 aliphatic heterocycles. The molecular weight excluding hydrogens is 172 g/mol. The van der Waals surface area contributed by atoms with Gasteiger partial charge in [0, 0.05) is 14.1 Å². The minimum absolute atomic E-state index is 0.889. The lowest BCUT2D eigenvalue weighted by atomic mass is 11.1. The van der Waals surface area contributed by atoms with E-state index in [4.69, 9.17) is 12.2 Å². The van der Waals surface area contributed by atoms with E-state index in [2.05, 4.69) is 4.99 Å². The zero-order valence-corrected chi connectivity index (χ0v) is 7.57. The quantitative estimate of drug-likeness (QED) is 0.434. The van der Waals surface area contributed by atoms with Crippen molar-refractivity contribution in [3.8, 4) is 0 Å². The summed E-state index contributed by atoms with van der Waals surface area (Å²) in [6.07, 6.45) is 0. The van der Waals surface area contributed by atoms with Crippen molar-refractivity contribution >= 4 is 32.9 Å². The van der Waals surface area contributed by atoms with E-state index >= 15 is 0 Å². The van der Waals surface area contributed by atoms with Crippen LogP contribution in [0.5, 0.6) is 0 Å². The fourth-order valence-electron chi connectivity index (χ4n) is 0.450. The first-order valence-corrected chi connectivity index (χ1v) is 4.90. The van der Waals surface area contributed by atoms with Gasteiger partial charge in [0.2, 0.25) is 0 Å². The second kappa shape index (κ2) is 2.72. The van der Waals surface area contributed by atoms with Crippen LogP contribution in [0.2, 0.25) is 0 Å². The standard InChI is InChI=1S/C4H6N2S3/c1-5-3-6(2)4(7)9-8-3/h1-2H3. The molecule has 0 atom stereocenters. The molecule has 0 unspecified atom stereocenters. The van der Waals surface area contributed by atoms with Crippen molar-refractivity contribution in [1.29, 1.82) is 0 Å². The highest BCUT2D eigenvalue weighted by atomic mass is 32.9. The third-order valence-electron chi connectivity index (χ3n) is 0.940. The minimum atomic E-state index is 0.889. The Bertz CT molecular complexity index is 302. The van der Waals surface area contributed by atoms with Crippen LogP contribution >= 0.6 is 32.9 Å². The topological polar surface area (TPSA) is 17.3 Å². The van der Waals surface area contributed by atoms with Crippen LogP contribution in [-0.2, 0) is 7.05 Å². The van der Waals surface area contributed by atoms with Crippen molar-refractivity contribution in [3.05, 3.63) is 8.76 Å². The molecule has 1 heterocycles. The molecule has 0 radical (unpaired) electrons. The van der Waals surface area contributed by atoms with Gasteiger partial charge >= 0.3 is 0 Å². The molecule has 0 aromatic carbocycles. The number of hydrogen-bond acceptors (Lipinski definition) is 4. The van der Waals surface area contributed by atoms with Crippen LogP contribution < -0.4 is 4.80 Å². The summed E-state index contributed by atoms with van der Waals surface area (Å²) in [5, 5.41) is 0. The molecule has 2 nitrogen and oxygen atoms in total. The predicted octanol–water partition coefficient (Wildman–Crippen LogP) is 1.41. The highest BCUT2D eigenvalue weighted by molar-refractivity contribution is 7.79. The molecule has 0 spiro atoms. The fourth-order valence-corrected chi connectivity index (χ4v) is 2.91. The van der Waals surface area contributed by atoms with Gasteiger partial charge in [-0.15, -0.1) is 0 Å². The molecule has 0 amide bonds. The largest absolute Gasteiger partial charge is 0.302 e. The highest BCUT2D eigenvalue weighted by Gasteiger charge is 1.89. The summed E-state index contributed by atoms with van der Waals surface area (Å²) >= 11 is 4.97. The van der Waals surface area contributed by atoms with Crippen LogP contribution in [0.1, 0.15) is 0 Å². The zero-order chi connectivity index (χ0) is 6.85. The molecule has 1 aromatic heterocycles. The van der Waals surface area contributed by atoms with Gasteiger partial charge in [0.1, 0.15) is 0 Å². The highest BCUT2D eigenvalue weighted by Crippen LogP contribution is 2.01. The van der Waals surface area contributed by atoms with E-state index in [-0.39, 0.29) is 0 Å². The van der Waals surface area contributed by atoms with Crippen molar-refractivity contribution in [1.82, 2.24) is 4.57 Å². The summed E-state index contributed by atoms with van der Waals surface area (Å²) in [7, 11) is 6.89. The Morgan fingerprint density at radius 1 is 1.56 bits per heavy atom. The van der Waals surface area contributed by atoms with Gasteiger partial charge in [0.15, 0.2) is 8.76 Å². The summed E-state index contributed by atoms with van der Waals surface area (Å²) < 4.78 is 2.80. The molecule has 1 aromatic rings. The first kappa shape index (κ1) is 7.11. The van der Waals surface area contributed by atoms with Crippen LogP contribution in [0.25, 0.3) is 0 Å². The van der Waals surface area contributed by atoms with Gasteiger partial charge in [-0.25, -0.2) is 0 Å². The van der Waals surface area contributed by atoms with Gasteiger partial charge in [-0.1, -0.05) is 0 Å².